The molecule has 0 saturated heterocycles. The number of carbonyl (C=O) groups excluding carboxylic acids is 1. The van der Waals surface area contributed by atoms with E-state index in [0.717, 1.165) is 3.70 Å². The van der Waals surface area contributed by atoms with Gasteiger partial charge in [0.05, 0.1) is 6.04 Å². The molecule has 0 fully saturated rings. The van der Waals surface area contributed by atoms with Crippen LogP contribution in [0.25, 0.3) is 0 Å². The van der Waals surface area contributed by atoms with Crippen LogP contribution in [0.4, 0.5) is 4.79 Å². The summed E-state index contributed by atoms with van der Waals surface area (Å²) < 4.78 is 11.7. The van der Waals surface area contributed by atoms with E-state index in [1.54, 1.807) is 32.9 Å². The summed E-state index contributed by atoms with van der Waals surface area (Å²) >= 11 is 4.16. The zero-order chi connectivity index (χ0) is 14.5. The number of rotatable bonds is 1. The van der Waals surface area contributed by atoms with E-state index in [1.165, 1.54) is 0 Å². The van der Waals surface area contributed by atoms with Gasteiger partial charge in [-0.2, -0.15) is 0 Å². The summed E-state index contributed by atoms with van der Waals surface area (Å²) in [7, 11) is 0. The fraction of sp³-hybridized carbons (Fsp3) is 0.333. The quantitative estimate of drug-likeness (QED) is 0.287. The van der Waals surface area contributed by atoms with Crippen LogP contribution in [-0.4, -0.2) is 16.7 Å². The van der Waals surface area contributed by atoms with E-state index in [1.807, 2.05) is 22.6 Å². The van der Waals surface area contributed by atoms with E-state index in [4.69, 9.17) is 9.47 Å². The lowest BCUT2D eigenvalue weighted by atomic mass is 10.2. The maximum absolute atomic E-state index is 11.3. The molecule has 5 nitrogen and oxygen atoms in total. The lowest BCUT2D eigenvalue weighted by Gasteiger charge is -2.18. The van der Waals surface area contributed by atoms with Crippen molar-refractivity contribution in [3.8, 4) is 17.9 Å². The van der Waals surface area contributed by atoms with E-state index in [0.29, 0.717) is 9.45 Å². The van der Waals surface area contributed by atoms with Crippen molar-refractivity contribution >= 4 is 51.3 Å². The lowest BCUT2D eigenvalue weighted by Crippen LogP contribution is -2.30. The second-order valence-corrected chi connectivity index (χ2v) is 6.51. The van der Waals surface area contributed by atoms with Gasteiger partial charge in [-0.15, -0.1) is 0 Å². The Bertz CT molecular complexity index is 530. The molecule has 1 heterocycles. The molecule has 1 amide bonds. The molecule has 0 unspecified atom stereocenters. The predicted octanol–water partition coefficient (Wildman–Crippen LogP) is 3.11. The van der Waals surface area contributed by atoms with Crippen LogP contribution in [0.1, 0.15) is 20.8 Å². The van der Waals surface area contributed by atoms with Crippen molar-refractivity contribution in [1.29, 1.82) is 0 Å². The fourth-order valence-electron chi connectivity index (χ4n) is 0.936. The van der Waals surface area contributed by atoms with Crippen molar-refractivity contribution in [2.45, 2.75) is 26.4 Å². The Morgan fingerprint density at radius 1 is 1.37 bits per heavy atom. The number of hydrogen-bond donors (Lipinski definition) is 1. The van der Waals surface area contributed by atoms with Crippen molar-refractivity contribution in [2.75, 3.05) is 0 Å². The number of nitrogens with one attached hydrogen (secondary N) is 1. The van der Waals surface area contributed by atoms with Crippen LogP contribution in [0.15, 0.2) is 12.1 Å². The van der Waals surface area contributed by atoms with Crippen molar-refractivity contribution in [3.63, 3.8) is 0 Å². The number of hydrogen-bond acceptors (Lipinski definition) is 4. The van der Waals surface area contributed by atoms with Crippen molar-refractivity contribution in [1.82, 2.24) is 10.3 Å². The van der Waals surface area contributed by atoms with E-state index < -0.39 is 11.7 Å². The highest BCUT2D eigenvalue weighted by molar-refractivity contribution is 14.1. The van der Waals surface area contributed by atoms with Gasteiger partial charge in [-0.3, -0.25) is 0 Å². The second kappa shape index (κ2) is 7.14. The summed E-state index contributed by atoms with van der Waals surface area (Å²) in [5.41, 5.74) is -0.554. The summed E-state index contributed by atoms with van der Waals surface area (Å²) in [4.78, 5) is 15.5. The maximum atomic E-state index is 11.3. The second-order valence-electron chi connectivity index (χ2n) is 4.38. The zero-order valence-corrected chi connectivity index (χ0v) is 14.9. The molecule has 7 heteroatoms. The first-order valence-corrected chi connectivity index (χ1v) is 7.41. The van der Waals surface area contributed by atoms with Crippen LogP contribution in [0, 0.1) is 19.6 Å². The van der Waals surface area contributed by atoms with Gasteiger partial charge in [-0.1, -0.05) is 0 Å². The maximum Gasteiger partial charge on any atom is 0.419 e. The minimum atomic E-state index is -0.612. The summed E-state index contributed by atoms with van der Waals surface area (Å²) in [6.45, 7) is 5.32. The fourth-order valence-corrected chi connectivity index (χ4v) is 2.37. The zero-order valence-electron chi connectivity index (χ0n) is 10.6. The number of ether oxygens (including phenoxy) is 2. The Hall–Kier alpha value is -0.760. The Labute approximate surface area is 139 Å². The average molecular weight is 486 g/mol. The molecular weight excluding hydrogens is 474 g/mol. The number of carbonyl (C=O) groups is 1. The lowest BCUT2D eigenvalue weighted by molar-refractivity contribution is 0.0557. The number of aromatic nitrogens is 1. The summed E-state index contributed by atoms with van der Waals surface area (Å²) in [5.74, 6) is 0.541. The van der Waals surface area contributed by atoms with Gasteiger partial charge in [0.25, 0.3) is 0 Å². The summed E-state index contributed by atoms with van der Waals surface area (Å²) in [5, 5.41) is 2.27. The Morgan fingerprint density at radius 2 is 2.05 bits per heavy atom. The van der Waals surface area contributed by atoms with Crippen molar-refractivity contribution < 1.29 is 14.3 Å². The van der Waals surface area contributed by atoms with Crippen molar-refractivity contribution in [2.24, 2.45) is 0 Å². The van der Waals surface area contributed by atoms with Crippen LogP contribution in [0.2, 0.25) is 0 Å². The standard InChI is InChI=1S/C12H12I2N2O3/c1-12(2,3)19-11(17)15-6-7-18-8-4-5-9(13)16-10(8)14/h4-5H,1-3H3,(H,15,17). The molecule has 0 radical (unpaired) electrons. The van der Waals surface area contributed by atoms with Gasteiger partial charge in [0.15, 0.2) is 5.75 Å². The molecule has 0 aliphatic carbocycles. The largest absolute Gasteiger partial charge is 0.443 e. The van der Waals surface area contributed by atoms with E-state index in [2.05, 4.69) is 45.0 Å². The molecule has 1 rings (SSSR count). The number of amides is 1. The molecule has 0 aromatic carbocycles. The number of halogens is 2. The van der Waals surface area contributed by atoms with Crippen LogP contribution in [-0.2, 0) is 4.74 Å². The highest BCUT2D eigenvalue weighted by Crippen LogP contribution is 2.19. The van der Waals surface area contributed by atoms with Gasteiger partial charge in [0.2, 0.25) is 0 Å². The van der Waals surface area contributed by atoms with Crippen LogP contribution >= 0.6 is 45.2 Å². The van der Waals surface area contributed by atoms with Gasteiger partial charge in [0, 0.05) is 0 Å². The molecule has 0 aliphatic heterocycles. The predicted molar refractivity (Wildman–Crippen MR) is 87.4 cm³/mol. The SMILES string of the molecule is CC(C)(C)OC(=O)NC#COc1ccc(I)nc1I. The molecule has 1 N–H and O–H groups in total. The van der Waals surface area contributed by atoms with Crippen LogP contribution < -0.4 is 10.1 Å². The number of alkyl carbamates (subject to hydrolysis) is 1. The smallest absolute Gasteiger partial charge is 0.419 e. The van der Waals surface area contributed by atoms with Gasteiger partial charge in [-0.25, -0.2) is 15.1 Å². The number of pyridine rings is 1. The molecule has 1 aromatic rings. The summed E-state index contributed by atoms with van der Waals surface area (Å²) in [6.07, 6.45) is 1.76. The normalized spacial score (nSPS) is 10.2. The first kappa shape index (κ1) is 16.3. The van der Waals surface area contributed by atoms with Crippen molar-refractivity contribution in [3.05, 3.63) is 19.5 Å². The number of nitrogens with zero attached hydrogens (tertiary/aromatic N) is 1. The topological polar surface area (TPSA) is 60.5 Å². The molecule has 0 aliphatic rings. The third kappa shape index (κ3) is 6.81. The minimum absolute atomic E-state index is 0.541. The Balaban J connectivity index is 2.50. The molecule has 0 spiro atoms. The molecule has 1 aromatic heterocycles. The Morgan fingerprint density at radius 3 is 2.63 bits per heavy atom. The minimum Gasteiger partial charge on any atom is -0.443 e. The van der Waals surface area contributed by atoms with Gasteiger partial charge in [0.1, 0.15) is 19.1 Å². The first-order chi connectivity index (χ1) is 8.78. The highest BCUT2D eigenvalue weighted by atomic mass is 127. The van der Waals surface area contributed by atoms with Crippen LogP contribution in [0.3, 0.4) is 0 Å². The summed E-state index contributed by atoms with van der Waals surface area (Å²) in [6, 6.07) is 5.94. The van der Waals surface area contributed by atoms with Gasteiger partial charge >= 0.3 is 6.09 Å². The average Bonchev–Trinajstić information content (AvgIpc) is 2.24. The Kier molecular flexibility index (Phi) is 6.12. The molecule has 19 heavy (non-hydrogen) atoms. The van der Waals surface area contributed by atoms with Crippen LogP contribution in [0.5, 0.6) is 5.75 Å². The van der Waals surface area contributed by atoms with Gasteiger partial charge in [-0.05, 0) is 78.1 Å². The van der Waals surface area contributed by atoms with E-state index in [-0.39, 0.29) is 0 Å². The molecule has 102 valence electrons. The third-order valence-electron chi connectivity index (χ3n) is 1.56. The first-order valence-electron chi connectivity index (χ1n) is 5.26. The van der Waals surface area contributed by atoms with Gasteiger partial charge < -0.3 is 9.47 Å². The highest BCUT2D eigenvalue weighted by Gasteiger charge is 2.14. The monoisotopic (exact) mass is 486 g/mol. The molecule has 0 saturated carbocycles. The molecular formula is C12H12I2N2O3. The van der Waals surface area contributed by atoms with E-state index in [9.17, 15) is 4.79 Å². The molecule has 0 atom stereocenters. The molecule has 0 bridgehead atoms. The van der Waals surface area contributed by atoms with E-state index >= 15 is 0 Å². The third-order valence-corrected chi connectivity index (χ3v) is 2.93.